The van der Waals surface area contributed by atoms with Gasteiger partial charge in [-0.2, -0.15) is 0 Å². The summed E-state index contributed by atoms with van der Waals surface area (Å²) in [6.45, 7) is 0.368. The molecule has 14 heavy (non-hydrogen) atoms. The highest BCUT2D eigenvalue weighted by atomic mass is 16.1. The second-order valence-corrected chi connectivity index (χ2v) is 2.45. The minimum absolute atomic E-state index is 0.148. The maximum atomic E-state index is 10.7. The number of nitrogens with zero attached hydrogens (tertiary/aromatic N) is 3. The summed E-state index contributed by atoms with van der Waals surface area (Å²) in [4.78, 5) is 15.8. The maximum absolute atomic E-state index is 10.7. The van der Waals surface area contributed by atoms with Crippen LogP contribution in [0.2, 0.25) is 0 Å². The lowest BCUT2D eigenvalue weighted by Gasteiger charge is -1.86. The van der Waals surface area contributed by atoms with Gasteiger partial charge in [-0.3, -0.25) is 4.79 Å². The highest BCUT2D eigenvalue weighted by Crippen LogP contribution is 1.89. The Morgan fingerprint density at radius 2 is 2.43 bits per heavy atom. The Kier molecular flexibility index (Phi) is 3.86. The van der Waals surface area contributed by atoms with Crippen molar-refractivity contribution in [3.63, 3.8) is 0 Å². The molecule has 0 unspecified atom stereocenters. The Labute approximate surface area is 80.4 Å². The van der Waals surface area contributed by atoms with Crippen LogP contribution >= 0.6 is 0 Å². The van der Waals surface area contributed by atoms with Crippen molar-refractivity contribution < 1.29 is 0 Å². The standard InChI is InChI=1S/C9H8N4O/c10-13-12-6-2-1-3-8-4-5-9(14)11-7-8/h4-5,7H,2,6H2,(H,11,14). The topological polar surface area (TPSA) is 81.6 Å². The van der Waals surface area contributed by atoms with Gasteiger partial charge in [0.05, 0.1) is 0 Å². The zero-order chi connectivity index (χ0) is 10.2. The van der Waals surface area contributed by atoms with E-state index in [9.17, 15) is 4.79 Å². The quantitative estimate of drug-likeness (QED) is 0.246. The van der Waals surface area contributed by atoms with Crippen molar-refractivity contribution in [3.8, 4) is 11.8 Å². The molecule has 0 fully saturated rings. The number of azide groups is 1. The largest absolute Gasteiger partial charge is 0.328 e. The van der Waals surface area contributed by atoms with E-state index in [1.165, 1.54) is 6.07 Å². The molecule has 1 heterocycles. The van der Waals surface area contributed by atoms with Crippen molar-refractivity contribution in [3.05, 3.63) is 44.7 Å². The van der Waals surface area contributed by atoms with Gasteiger partial charge in [-0.1, -0.05) is 17.0 Å². The first-order valence-electron chi connectivity index (χ1n) is 4.01. The first kappa shape index (κ1) is 9.90. The molecule has 1 N–H and O–H groups in total. The molecule has 1 aromatic heterocycles. The lowest BCUT2D eigenvalue weighted by Crippen LogP contribution is -2.01. The third-order valence-corrected chi connectivity index (χ3v) is 1.42. The molecule has 0 aliphatic rings. The first-order chi connectivity index (χ1) is 6.83. The molecule has 0 saturated carbocycles. The second kappa shape index (κ2) is 5.46. The molecule has 5 heteroatoms. The number of aromatic amines is 1. The van der Waals surface area contributed by atoms with Crippen molar-refractivity contribution in [2.75, 3.05) is 6.54 Å². The fraction of sp³-hybridized carbons (Fsp3) is 0.222. The molecule has 0 amide bonds. The van der Waals surface area contributed by atoms with Crippen LogP contribution in [0.15, 0.2) is 28.2 Å². The van der Waals surface area contributed by atoms with E-state index < -0.39 is 0 Å². The van der Waals surface area contributed by atoms with Gasteiger partial charge in [0.15, 0.2) is 0 Å². The van der Waals surface area contributed by atoms with E-state index in [-0.39, 0.29) is 5.56 Å². The van der Waals surface area contributed by atoms with Crippen LogP contribution in [0.1, 0.15) is 12.0 Å². The Bertz CT molecular complexity index is 439. The number of pyridine rings is 1. The summed E-state index contributed by atoms with van der Waals surface area (Å²) in [5, 5.41) is 3.34. The van der Waals surface area contributed by atoms with Crippen molar-refractivity contribution in [1.82, 2.24) is 4.98 Å². The normalized spacial score (nSPS) is 8.29. The van der Waals surface area contributed by atoms with Crippen molar-refractivity contribution in [2.24, 2.45) is 5.11 Å². The Balaban J connectivity index is 2.55. The van der Waals surface area contributed by atoms with Gasteiger partial charge in [0, 0.05) is 35.7 Å². The number of hydrogen-bond donors (Lipinski definition) is 1. The summed E-state index contributed by atoms with van der Waals surface area (Å²) in [6, 6.07) is 3.05. The molecule has 0 saturated heterocycles. The predicted molar refractivity (Wildman–Crippen MR) is 52.6 cm³/mol. The lowest BCUT2D eigenvalue weighted by molar-refractivity contribution is 1.01. The van der Waals surface area contributed by atoms with Gasteiger partial charge in [0.2, 0.25) is 5.56 Å². The summed E-state index contributed by atoms with van der Waals surface area (Å²) >= 11 is 0. The van der Waals surface area contributed by atoms with Gasteiger partial charge >= 0.3 is 0 Å². The Morgan fingerprint density at radius 3 is 3.07 bits per heavy atom. The van der Waals surface area contributed by atoms with Gasteiger partial charge in [-0.15, -0.1) is 0 Å². The molecule has 0 aliphatic carbocycles. The van der Waals surface area contributed by atoms with Gasteiger partial charge < -0.3 is 4.98 Å². The molecule has 0 bridgehead atoms. The molecule has 0 radical (unpaired) electrons. The third-order valence-electron chi connectivity index (χ3n) is 1.42. The van der Waals surface area contributed by atoms with Crippen molar-refractivity contribution in [1.29, 1.82) is 0 Å². The van der Waals surface area contributed by atoms with E-state index in [4.69, 9.17) is 5.53 Å². The maximum Gasteiger partial charge on any atom is 0.247 e. The van der Waals surface area contributed by atoms with Crippen LogP contribution in [0.25, 0.3) is 10.4 Å². The molecule has 0 spiro atoms. The zero-order valence-corrected chi connectivity index (χ0v) is 7.40. The zero-order valence-electron chi connectivity index (χ0n) is 7.40. The second-order valence-electron chi connectivity index (χ2n) is 2.45. The molecule has 70 valence electrons. The average molecular weight is 188 g/mol. The van der Waals surface area contributed by atoms with Gasteiger partial charge in [-0.25, -0.2) is 0 Å². The van der Waals surface area contributed by atoms with Crippen LogP contribution in [0.5, 0.6) is 0 Å². The monoisotopic (exact) mass is 188 g/mol. The van der Waals surface area contributed by atoms with Crippen LogP contribution in [-0.2, 0) is 0 Å². The summed E-state index contributed by atoms with van der Waals surface area (Å²) < 4.78 is 0. The van der Waals surface area contributed by atoms with E-state index in [0.717, 1.165) is 5.56 Å². The molecule has 0 atom stereocenters. The highest BCUT2D eigenvalue weighted by molar-refractivity contribution is 5.30. The molecule has 0 aromatic carbocycles. The van der Waals surface area contributed by atoms with Crippen molar-refractivity contribution in [2.45, 2.75) is 6.42 Å². The SMILES string of the molecule is [N-]=[N+]=NCCC#Cc1ccc(=O)[nH]c1. The van der Waals surface area contributed by atoms with Gasteiger partial charge in [0.25, 0.3) is 0 Å². The average Bonchev–Trinajstić information content (AvgIpc) is 2.21. The lowest BCUT2D eigenvalue weighted by atomic mass is 10.3. The summed E-state index contributed by atoms with van der Waals surface area (Å²) in [7, 11) is 0. The minimum atomic E-state index is -0.148. The van der Waals surface area contributed by atoms with Crippen molar-refractivity contribution >= 4 is 0 Å². The number of H-pyrrole nitrogens is 1. The molecule has 1 aromatic rings. The molecule has 1 rings (SSSR count). The molecular weight excluding hydrogens is 180 g/mol. The van der Waals surface area contributed by atoms with E-state index in [1.807, 2.05) is 0 Å². The van der Waals surface area contributed by atoms with Gasteiger partial charge in [0.1, 0.15) is 0 Å². The van der Waals surface area contributed by atoms with Crippen LogP contribution in [-0.4, -0.2) is 11.5 Å². The summed E-state index contributed by atoms with van der Waals surface area (Å²) in [5.74, 6) is 5.65. The van der Waals surface area contributed by atoms with Crippen LogP contribution in [0.4, 0.5) is 0 Å². The minimum Gasteiger partial charge on any atom is -0.328 e. The first-order valence-corrected chi connectivity index (χ1v) is 4.01. The van der Waals surface area contributed by atoms with Crippen LogP contribution < -0.4 is 5.56 Å². The number of rotatable bonds is 2. The van der Waals surface area contributed by atoms with Crippen LogP contribution in [0, 0.1) is 11.8 Å². The van der Waals surface area contributed by atoms with Crippen LogP contribution in [0.3, 0.4) is 0 Å². The third kappa shape index (κ3) is 3.48. The van der Waals surface area contributed by atoms with E-state index in [1.54, 1.807) is 12.3 Å². The number of nitrogens with one attached hydrogen (secondary N) is 1. The molecule has 5 nitrogen and oxygen atoms in total. The highest BCUT2D eigenvalue weighted by Gasteiger charge is 1.84. The van der Waals surface area contributed by atoms with E-state index in [0.29, 0.717) is 13.0 Å². The number of aromatic nitrogens is 1. The number of hydrogen-bond acceptors (Lipinski definition) is 2. The smallest absolute Gasteiger partial charge is 0.247 e. The summed E-state index contributed by atoms with van der Waals surface area (Å²) in [5.41, 5.74) is 8.58. The molecule has 0 aliphatic heterocycles. The fourth-order valence-electron chi connectivity index (χ4n) is 0.804. The predicted octanol–water partition coefficient (Wildman–Crippen LogP) is 1.43. The Morgan fingerprint density at radius 1 is 1.57 bits per heavy atom. The van der Waals surface area contributed by atoms with E-state index >= 15 is 0 Å². The Hall–Kier alpha value is -2.18. The fourth-order valence-corrected chi connectivity index (χ4v) is 0.804. The summed E-state index contributed by atoms with van der Waals surface area (Å²) in [6.07, 6.45) is 2.06. The van der Waals surface area contributed by atoms with E-state index in [2.05, 4.69) is 26.9 Å². The van der Waals surface area contributed by atoms with Gasteiger partial charge in [-0.05, 0) is 11.6 Å². The molecular formula is C9H8N4O.